The standard InChI is InChI=1S/C12H14N4O/c1-17-11-6-13-7-14-12(11)9-4-8(5-9)10-2-3-15-16-10/h2-3,6-9H,4-5H2,1H3,(H,15,16). The van der Waals surface area contributed by atoms with Crippen LogP contribution in [0.5, 0.6) is 5.75 Å². The molecule has 0 bridgehead atoms. The van der Waals surface area contributed by atoms with Crippen LogP contribution in [-0.2, 0) is 0 Å². The zero-order valence-corrected chi connectivity index (χ0v) is 9.63. The zero-order valence-electron chi connectivity index (χ0n) is 9.63. The number of aromatic nitrogens is 4. The fraction of sp³-hybridized carbons (Fsp3) is 0.417. The van der Waals surface area contributed by atoms with Crippen LogP contribution in [0.15, 0.2) is 24.8 Å². The van der Waals surface area contributed by atoms with Crippen molar-refractivity contribution in [2.24, 2.45) is 0 Å². The highest BCUT2D eigenvalue weighted by Gasteiger charge is 2.34. The highest BCUT2D eigenvalue weighted by molar-refractivity contribution is 5.30. The molecule has 2 heterocycles. The molecular formula is C12H14N4O. The first-order chi connectivity index (χ1) is 8.38. The van der Waals surface area contributed by atoms with Crippen molar-refractivity contribution in [2.75, 3.05) is 7.11 Å². The molecular weight excluding hydrogens is 216 g/mol. The van der Waals surface area contributed by atoms with Gasteiger partial charge < -0.3 is 4.74 Å². The van der Waals surface area contributed by atoms with Crippen molar-refractivity contribution in [3.8, 4) is 5.75 Å². The highest BCUT2D eigenvalue weighted by Crippen LogP contribution is 2.48. The molecule has 1 fully saturated rings. The Balaban J connectivity index is 1.73. The number of hydrogen-bond donors (Lipinski definition) is 1. The largest absolute Gasteiger partial charge is 0.493 e. The molecule has 0 unspecified atom stereocenters. The highest BCUT2D eigenvalue weighted by atomic mass is 16.5. The van der Waals surface area contributed by atoms with Gasteiger partial charge in [0.2, 0.25) is 0 Å². The number of rotatable bonds is 3. The summed E-state index contributed by atoms with van der Waals surface area (Å²) in [5, 5.41) is 7.01. The minimum absolute atomic E-state index is 0.473. The van der Waals surface area contributed by atoms with Gasteiger partial charge in [-0.3, -0.25) is 5.10 Å². The normalized spacial score (nSPS) is 23.1. The molecule has 5 heteroatoms. The second kappa shape index (κ2) is 4.16. The van der Waals surface area contributed by atoms with Gasteiger partial charge in [-0.15, -0.1) is 0 Å². The van der Waals surface area contributed by atoms with Gasteiger partial charge in [0.15, 0.2) is 5.75 Å². The summed E-state index contributed by atoms with van der Waals surface area (Å²) in [5.41, 5.74) is 2.24. The number of methoxy groups -OCH3 is 1. The van der Waals surface area contributed by atoms with E-state index in [1.54, 1.807) is 25.8 Å². The van der Waals surface area contributed by atoms with Crippen molar-refractivity contribution in [1.29, 1.82) is 0 Å². The predicted octanol–water partition coefficient (Wildman–Crippen LogP) is 1.87. The van der Waals surface area contributed by atoms with Gasteiger partial charge in [0.25, 0.3) is 0 Å². The van der Waals surface area contributed by atoms with Gasteiger partial charge in [-0.2, -0.15) is 5.10 Å². The van der Waals surface area contributed by atoms with Crippen LogP contribution >= 0.6 is 0 Å². The van der Waals surface area contributed by atoms with E-state index in [4.69, 9.17) is 4.74 Å². The molecule has 0 aliphatic heterocycles. The molecule has 0 saturated heterocycles. The van der Waals surface area contributed by atoms with Gasteiger partial charge in [0.05, 0.1) is 19.0 Å². The van der Waals surface area contributed by atoms with Gasteiger partial charge in [-0.1, -0.05) is 0 Å². The third-order valence-electron chi connectivity index (χ3n) is 3.41. The SMILES string of the molecule is COc1cncnc1C1CC(c2ccn[nH]2)C1. The first-order valence-corrected chi connectivity index (χ1v) is 5.71. The Labute approximate surface area is 99.3 Å². The van der Waals surface area contributed by atoms with Gasteiger partial charge in [0, 0.05) is 23.7 Å². The Morgan fingerprint density at radius 1 is 1.35 bits per heavy atom. The molecule has 0 amide bonds. The average molecular weight is 230 g/mol. The maximum Gasteiger partial charge on any atom is 0.158 e. The van der Waals surface area contributed by atoms with Gasteiger partial charge >= 0.3 is 0 Å². The van der Waals surface area contributed by atoms with E-state index in [0.29, 0.717) is 11.8 Å². The minimum atomic E-state index is 0.473. The fourth-order valence-corrected chi connectivity index (χ4v) is 2.38. The number of hydrogen-bond acceptors (Lipinski definition) is 4. The molecule has 1 aliphatic carbocycles. The minimum Gasteiger partial charge on any atom is -0.493 e. The maximum atomic E-state index is 5.28. The molecule has 2 aromatic heterocycles. The van der Waals surface area contributed by atoms with Gasteiger partial charge in [-0.05, 0) is 18.9 Å². The summed E-state index contributed by atoms with van der Waals surface area (Å²) in [6, 6.07) is 2.04. The van der Waals surface area contributed by atoms with Gasteiger partial charge in [0.1, 0.15) is 6.33 Å². The lowest BCUT2D eigenvalue weighted by Gasteiger charge is -2.34. The molecule has 0 spiro atoms. The van der Waals surface area contributed by atoms with Crippen LogP contribution in [0.4, 0.5) is 0 Å². The van der Waals surface area contributed by atoms with Crippen molar-refractivity contribution in [2.45, 2.75) is 24.7 Å². The van der Waals surface area contributed by atoms with Crippen LogP contribution in [0.1, 0.15) is 36.1 Å². The van der Waals surface area contributed by atoms with Crippen LogP contribution in [-0.4, -0.2) is 27.3 Å². The van der Waals surface area contributed by atoms with Crippen LogP contribution in [0.3, 0.4) is 0 Å². The van der Waals surface area contributed by atoms with Crippen LogP contribution in [0.2, 0.25) is 0 Å². The smallest absolute Gasteiger partial charge is 0.158 e. The van der Waals surface area contributed by atoms with Crippen LogP contribution < -0.4 is 4.74 Å². The third-order valence-corrected chi connectivity index (χ3v) is 3.41. The molecule has 1 saturated carbocycles. The quantitative estimate of drug-likeness (QED) is 0.874. The number of nitrogens with zero attached hydrogens (tertiary/aromatic N) is 3. The number of H-pyrrole nitrogens is 1. The molecule has 0 radical (unpaired) electrons. The Morgan fingerprint density at radius 3 is 2.94 bits per heavy atom. The maximum absolute atomic E-state index is 5.28. The van der Waals surface area contributed by atoms with E-state index in [1.165, 1.54) is 5.69 Å². The molecule has 0 aromatic carbocycles. The molecule has 1 N–H and O–H groups in total. The zero-order chi connectivity index (χ0) is 11.7. The molecule has 88 valence electrons. The van der Waals surface area contributed by atoms with Crippen molar-refractivity contribution < 1.29 is 4.74 Å². The number of aromatic amines is 1. The molecule has 2 aromatic rings. The van der Waals surface area contributed by atoms with E-state index >= 15 is 0 Å². The van der Waals surface area contributed by atoms with Crippen molar-refractivity contribution in [3.05, 3.63) is 36.2 Å². The van der Waals surface area contributed by atoms with Crippen molar-refractivity contribution in [1.82, 2.24) is 20.2 Å². The second-order valence-electron chi connectivity index (χ2n) is 4.35. The summed E-state index contributed by atoms with van der Waals surface area (Å²) in [6.45, 7) is 0. The van der Waals surface area contributed by atoms with E-state index < -0.39 is 0 Å². The molecule has 17 heavy (non-hydrogen) atoms. The average Bonchev–Trinajstić information content (AvgIpc) is 2.81. The summed E-state index contributed by atoms with van der Waals surface area (Å²) >= 11 is 0. The fourth-order valence-electron chi connectivity index (χ4n) is 2.38. The monoisotopic (exact) mass is 230 g/mol. The van der Waals surface area contributed by atoms with E-state index in [2.05, 4.69) is 20.2 Å². The lowest BCUT2D eigenvalue weighted by Crippen LogP contribution is -2.22. The Morgan fingerprint density at radius 2 is 2.24 bits per heavy atom. The number of nitrogens with one attached hydrogen (secondary N) is 1. The Bertz CT molecular complexity index is 491. The molecule has 0 atom stereocenters. The third kappa shape index (κ3) is 1.77. The predicted molar refractivity (Wildman–Crippen MR) is 61.9 cm³/mol. The van der Waals surface area contributed by atoms with E-state index in [0.717, 1.165) is 24.3 Å². The summed E-state index contributed by atoms with van der Waals surface area (Å²) in [4.78, 5) is 8.30. The summed E-state index contributed by atoms with van der Waals surface area (Å²) < 4.78 is 5.28. The summed E-state index contributed by atoms with van der Waals surface area (Å²) in [5.74, 6) is 1.84. The van der Waals surface area contributed by atoms with E-state index in [-0.39, 0.29) is 0 Å². The number of ether oxygens (including phenoxy) is 1. The van der Waals surface area contributed by atoms with Gasteiger partial charge in [-0.25, -0.2) is 9.97 Å². The first-order valence-electron chi connectivity index (χ1n) is 5.71. The molecule has 1 aliphatic rings. The Hall–Kier alpha value is -1.91. The van der Waals surface area contributed by atoms with Crippen molar-refractivity contribution >= 4 is 0 Å². The second-order valence-corrected chi connectivity index (χ2v) is 4.35. The first kappa shape index (κ1) is 10.3. The topological polar surface area (TPSA) is 63.7 Å². The van der Waals surface area contributed by atoms with Crippen LogP contribution in [0.25, 0.3) is 0 Å². The summed E-state index contributed by atoms with van der Waals surface area (Å²) in [6.07, 6.45) is 7.30. The molecule has 3 rings (SSSR count). The van der Waals surface area contributed by atoms with E-state index in [9.17, 15) is 0 Å². The Kier molecular flexibility index (Phi) is 2.51. The summed E-state index contributed by atoms with van der Waals surface area (Å²) in [7, 11) is 1.66. The van der Waals surface area contributed by atoms with Crippen molar-refractivity contribution in [3.63, 3.8) is 0 Å². The molecule has 5 nitrogen and oxygen atoms in total. The lowest BCUT2D eigenvalue weighted by atomic mass is 9.71. The van der Waals surface area contributed by atoms with Crippen LogP contribution in [0, 0.1) is 0 Å². The lowest BCUT2D eigenvalue weighted by molar-refractivity contribution is 0.320. The van der Waals surface area contributed by atoms with E-state index in [1.807, 2.05) is 6.07 Å².